The summed E-state index contributed by atoms with van der Waals surface area (Å²) < 4.78 is 1.91. The van der Waals surface area contributed by atoms with Gasteiger partial charge in [-0.3, -0.25) is 4.68 Å². The fraction of sp³-hybridized carbons (Fsp3) is 0.438. The molecule has 5 heteroatoms. The van der Waals surface area contributed by atoms with Crippen LogP contribution in [-0.2, 0) is 12.1 Å². The van der Waals surface area contributed by atoms with Crippen LogP contribution in [0, 0.1) is 13.8 Å². The number of halogens is 1. The molecule has 1 heterocycles. The van der Waals surface area contributed by atoms with Gasteiger partial charge in [0.1, 0.15) is 0 Å². The van der Waals surface area contributed by atoms with Gasteiger partial charge in [0.25, 0.3) is 0 Å². The smallest absolute Gasteiger partial charge is 0.0844 e. The van der Waals surface area contributed by atoms with Gasteiger partial charge in [0.2, 0.25) is 0 Å². The minimum absolute atomic E-state index is 0.0283. The molecule has 4 nitrogen and oxygen atoms in total. The largest absolute Gasteiger partial charge is 0.394 e. The molecule has 0 aliphatic carbocycles. The van der Waals surface area contributed by atoms with Crippen LogP contribution >= 0.6 is 11.6 Å². The molecule has 0 saturated heterocycles. The van der Waals surface area contributed by atoms with Crippen molar-refractivity contribution < 1.29 is 5.11 Å². The standard InChI is InChI=1S/C16H22ClN3O/c1-12-15(17)13(2)20(19-12)10-9-16(11-21,18-3)14-7-5-4-6-8-14/h4-8,18,21H,9-11H2,1-3H3. The van der Waals surface area contributed by atoms with Crippen LogP contribution in [0.15, 0.2) is 30.3 Å². The summed E-state index contributed by atoms with van der Waals surface area (Å²) in [7, 11) is 1.87. The van der Waals surface area contributed by atoms with Gasteiger partial charge in [-0.05, 0) is 32.9 Å². The minimum atomic E-state index is -0.472. The summed E-state index contributed by atoms with van der Waals surface area (Å²) in [5.41, 5.74) is 2.40. The summed E-state index contributed by atoms with van der Waals surface area (Å²) in [5, 5.41) is 18.4. The van der Waals surface area contributed by atoms with Gasteiger partial charge < -0.3 is 10.4 Å². The van der Waals surface area contributed by atoms with E-state index in [1.807, 2.05) is 55.9 Å². The molecule has 114 valence electrons. The van der Waals surface area contributed by atoms with Gasteiger partial charge in [0.05, 0.1) is 28.6 Å². The zero-order valence-electron chi connectivity index (χ0n) is 12.7. The van der Waals surface area contributed by atoms with Crippen molar-refractivity contribution in [1.29, 1.82) is 0 Å². The first-order valence-electron chi connectivity index (χ1n) is 7.09. The van der Waals surface area contributed by atoms with Crippen molar-refractivity contribution in [2.24, 2.45) is 0 Å². The van der Waals surface area contributed by atoms with Gasteiger partial charge >= 0.3 is 0 Å². The maximum Gasteiger partial charge on any atom is 0.0844 e. The van der Waals surface area contributed by atoms with Gasteiger partial charge in [-0.2, -0.15) is 5.10 Å². The maximum absolute atomic E-state index is 9.92. The Hall–Kier alpha value is -1.36. The number of aromatic nitrogens is 2. The van der Waals surface area contributed by atoms with Crippen molar-refractivity contribution >= 4 is 11.6 Å². The van der Waals surface area contributed by atoms with Crippen LogP contribution in [0.4, 0.5) is 0 Å². The monoisotopic (exact) mass is 307 g/mol. The number of aliphatic hydroxyl groups is 1. The molecule has 2 aromatic rings. The van der Waals surface area contributed by atoms with E-state index in [0.29, 0.717) is 11.6 Å². The van der Waals surface area contributed by atoms with Gasteiger partial charge in [-0.25, -0.2) is 0 Å². The Kier molecular flexibility index (Phi) is 5.04. The van der Waals surface area contributed by atoms with Crippen LogP contribution in [0.2, 0.25) is 5.02 Å². The molecule has 1 aromatic carbocycles. The highest BCUT2D eigenvalue weighted by Gasteiger charge is 2.29. The van der Waals surface area contributed by atoms with E-state index >= 15 is 0 Å². The maximum atomic E-state index is 9.92. The normalized spacial score (nSPS) is 14.1. The Balaban J connectivity index is 2.23. The first kappa shape index (κ1) is 16.0. The summed E-state index contributed by atoms with van der Waals surface area (Å²) in [6, 6.07) is 10.00. The van der Waals surface area contributed by atoms with E-state index < -0.39 is 5.54 Å². The van der Waals surface area contributed by atoms with Crippen LogP contribution in [0.3, 0.4) is 0 Å². The van der Waals surface area contributed by atoms with Crippen LogP contribution < -0.4 is 5.32 Å². The van der Waals surface area contributed by atoms with Crippen LogP contribution in [0.5, 0.6) is 0 Å². The number of nitrogens with zero attached hydrogens (tertiary/aromatic N) is 2. The highest BCUT2D eigenvalue weighted by atomic mass is 35.5. The third-order valence-corrected chi connectivity index (χ3v) is 4.67. The summed E-state index contributed by atoms with van der Waals surface area (Å²) in [5.74, 6) is 0. The molecule has 0 radical (unpaired) electrons. The van der Waals surface area contributed by atoms with Gasteiger partial charge in [0.15, 0.2) is 0 Å². The van der Waals surface area contributed by atoms with Crippen molar-refractivity contribution in [3.8, 4) is 0 Å². The van der Waals surface area contributed by atoms with E-state index in [0.717, 1.165) is 23.4 Å². The summed E-state index contributed by atoms with van der Waals surface area (Å²) in [6.07, 6.45) is 0.725. The first-order valence-corrected chi connectivity index (χ1v) is 7.46. The molecule has 0 saturated carbocycles. The number of benzene rings is 1. The SMILES string of the molecule is CNC(CO)(CCn1nc(C)c(Cl)c1C)c1ccccc1. The molecule has 1 unspecified atom stereocenters. The highest BCUT2D eigenvalue weighted by molar-refractivity contribution is 6.31. The fourth-order valence-corrected chi connectivity index (χ4v) is 2.75. The second kappa shape index (κ2) is 6.60. The summed E-state index contributed by atoms with van der Waals surface area (Å²) in [6.45, 7) is 4.58. The van der Waals surface area contributed by atoms with E-state index in [9.17, 15) is 5.11 Å². The van der Waals surface area contributed by atoms with E-state index in [1.165, 1.54) is 0 Å². The van der Waals surface area contributed by atoms with Gasteiger partial charge in [0, 0.05) is 6.54 Å². The molecule has 21 heavy (non-hydrogen) atoms. The summed E-state index contributed by atoms with van der Waals surface area (Å²) >= 11 is 6.18. The zero-order chi connectivity index (χ0) is 15.5. The molecule has 0 bridgehead atoms. The second-order valence-corrected chi connectivity index (χ2v) is 5.69. The quantitative estimate of drug-likeness (QED) is 0.862. The van der Waals surface area contributed by atoms with Crippen molar-refractivity contribution in [3.63, 3.8) is 0 Å². The predicted octanol–water partition coefficient (Wildman–Crippen LogP) is 2.65. The molecular formula is C16H22ClN3O. The Labute approximate surface area is 130 Å². The average Bonchev–Trinajstić information content (AvgIpc) is 2.77. The van der Waals surface area contributed by atoms with Gasteiger partial charge in [-0.1, -0.05) is 41.9 Å². The lowest BCUT2D eigenvalue weighted by molar-refractivity contribution is 0.152. The number of nitrogens with one attached hydrogen (secondary N) is 1. The van der Waals surface area contributed by atoms with E-state index in [2.05, 4.69) is 10.4 Å². The molecule has 1 atom stereocenters. The number of likely N-dealkylation sites (N-methyl/N-ethyl adjacent to an activating group) is 1. The lowest BCUT2D eigenvalue weighted by Gasteiger charge is -2.32. The topological polar surface area (TPSA) is 50.1 Å². The van der Waals surface area contributed by atoms with Crippen molar-refractivity contribution in [1.82, 2.24) is 15.1 Å². The molecular weight excluding hydrogens is 286 g/mol. The van der Waals surface area contributed by atoms with E-state index in [-0.39, 0.29) is 6.61 Å². The molecule has 2 rings (SSSR count). The second-order valence-electron chi connectivity index (χ2n) is 5.31. The number of aryl methyl sites for hydroxylation is 2. The Morgan fingerprint density at radius 3 is 2.43 bits per heavy atom. The predicted molar refractivity (Wildman–Crippen MR) is 85.6 cm³/mol. The summed E-state index contributed by atoms with van der Waals surface area (Å²) in [4.78, 5) is 0. The Morgan fingerprint density at radius 1 is 1.29 bits per heavy atom. The Morgan fingerprint density at radius 2 is 1.95 bits per heavy atom. The molecule has 1 aromatic heterocycles. The highest BCUT2D eigenvalue weighted by Crippen LogP contribution is 2.26. The zero-order valence-corrected chi connectivity index (χ0v) is 13.5. The number of rotatable bonds is 6. The van der Waals surface area contributed by atoms with Crippen LogP contribution in [0.1, 0.15) is 23.4 Å². The molecule has 0 aliphatic heterocycles. The average molecular weight is 308 g/mol. The van der Waals surface area contributed by atoms with Gasteiger partial charge in [-0.15, -0.1) is 0 Å². The van der Waals surface area contributed by atoms with Crippen LogP contribution in [0.25, 0.3) is 0 Å². The molecule has 0 amide bonds. The van der Waals surface area contributed by atoms with Crippen molar-refractivity contribution in [3.05, 3.63) is 52.3 Å². The lowest BCUT2D eigenvalue weighted by atomic mass is 9.87. The van der Waals surface area contributed by atoms with E-state index in [1.54, 1.807) is 0 Å². The first-order chi connectivity index (χ1) is 10.0. The number of aliphatic hydroxyl groups excluding tert-OH is 1. The lowest BCUT2D eigenvalue weighted by Crippen LogP contribution is -2.44. The molecule has 0 fully saturated rings. The van der Waals surface area contributed by atoms with Crippen molar-refractivity contribution in [2.45, 2.75) is 32.4 Å². The molecule has 2 N–H and O–H groups in total. The number of hydrogen-bond acceptors (Lipinski definition) is 3. The van der Waals surface area contributed by atoms with E-state index in [4.69, 9.17) is 11.6 Å². The van der Waals surface area contributed by atoms with Crippen molar-refractivity contribution in [2.75, 3.05) is 13.7 Å². The third kappa shape index (κ3) is 3.12. The molecule has 0 aliphatic rings. The molecule has 0 spiro atoms. The minimum Gasteiger partial charge on any atom is -0.394 e. The third-order valence-electron chi connectivity index (χ3n) is 4.12. The number of hydrogen-bond donors (Lipinski definition) is 2. The van der Waals surface area contributed by atoms with Crippen LogP contribution in [-0.4, -0.2) is 28.5 Å². The fourth-order valence-electron chi connectivity index (χ4n) is 2.61. The Bertz CT molecular complexity index is 591.